The molecule has 3 nitrogen and oxygen atoms in total. The van der Waals surface area contributed by atoms with Crippen molar-refractivity contribution in [3.8, 4) is 0 Å². The summed E-state index contributed by atoms with van der Waals surface area (Å²) in [6.45, 7) is 0. The fourth-order valence-corrected chi connectivity index (χ4v) is 3.70. The van der Waals surface area contributed by atoms with Gasteiger partial charge in [-0.3, -0.25) is 0 Å². The summed E-state index contributed by atoms with van der Waals surface area (Å²) in [6.07, 6.45) is -0.748. The van der Waals surface area contributed by atoms with Crippen molar-refractivity contribution >= 4 is 9.84 Å². The number of hydrogen-bond donors (Lipinski definition) is 1. The largest absolute Gasteiger partial charge is 0.391 e. The summed E-state index contributed by atoms with van der Waals surface area (Å²) in [4.78, 5) is 0. The predicted octanol–water partition coefficient (Wildman–Crippen LogP) is 0.560. The molecule has 76 valence electrons. The monoisotopic (exact) mass is 212 g/mol. The van der Waals surface area contributed by atoms with Crippen LogP contribution in [0.15, 0.2) is 30.3 Å². The lowest BCUT2D eigenvalue weighted by Gasteiger charge is -2.12. The zero-order valence-electron chi connectivity index (χ0n) is 7.63. The number of benzene rings is 1. The minimum absolute atomic E-state index is 0.0676. The Labute approximate surface area is 83.3 Å². The molecule has 0 radical (unpaired) electrons. The molecule has 2 rings (SSSR count). The molecule has 1 saturated heterocycles. The minimum Gasteiger partial charge on any atom is -0.391 e. The van der Waals surface area contributed by atoms with E-state index in [1.807, 2.05) is 30.3 Å². The third-order valence-corrected chi connectivity index (χ3v) is 4.27. The Balaban J connectivity index is 2.30. The first-order chi connectivity index (χ1) is 6.58. The molecular formula is C10H12O3S. The smallest absolute Gasteiger partial charge is 0.153 e. The van der Waals surface area contributed by atoms with Gasteiger partial charge >= 0.3 is 0 Å². The summed E-state index contributed by atoms with van der Waals surface area (Å²) in [5.41, 5.74) is 0.904. The van der Waals surface area contributed by atoms with E-state index in [4.69, 9.17) is 0 Å². The summed E-state index contributed by atoms with van der Waals surface area (Å²) in [6, 6.07) is 9.29. The van der Waals surface area contributed by atoms with Crippen LogP contribution in [0.1, 0.15) is 11.5 Å². The van der Waals surface area contributed by atoms with Gasteiger partial charge in [0.1, 0.15) is 0 Å². The molecule has 0 aromatic heterocycles. The summed E-state index contributed by atoms with van der Waals surface area (Å²) in [5, 5.41) is 9.60. The SMILES string of the molecule is O=S1(=O)CC(O)C(c2ccccc2)C1. The van der Waals surface area contributed by atoms with E-state index in [9.17, 15) is 13.5 Å². The van der Waals surface area contributed by atoms with Crippen molar-refractivity contribution in [3.63, 3.8) is 0 Å². The van der Waals surface area contributed by atoms with Crippen LogP contribution in [0.25, 0.3) is 0 Å². The highest BCUT2D eigenvalue weighted by Gasteiger charge is 2.36. The minimum atomic E-state index is -3.04. The van der Waals surface area contributed by atoms with E-state index in [-0.39, 0.29) is 17.4 Å². The molecule has 1 N–H and O–H groups in total. The van der Waals surface area contributed by atoms with Gasteiger partial charge in [0.15, 0.2) is 9.84 Å². The first-order valence-electron chi connectivity index (χ1n) is 4.52. The van der Waals surface area contributed by atoms with Crippen LogP contribution in [0, 0.1) is 0 Å². The second-order valence-corrected chi connectivity index (χ2v) is 5.82. The van der Waals surface area contributed by atoms with Gasteiger partial charge in [-0.05, 0) is 5.56 Å². The number of hydrogen-bond acceptors (Lipinski definition) is 3. The Morgan fingerprint density at radius 2 is 1.79 bits per heavy atom. The molecule has 0 aliphatic carbocycles. The van der Waals surface area contributed by atoms with Gasteiger partial charge in [0.25, 0.3) is 0 Å². The lowest BCUT2D eigenvalue weighted by atomic mass is 9.97. The van der Waals surface area contributed by atoms with Crippen LogP contribution in [0.4, 0.5) is 0 Å². The summed E-state index contributed by atoms with van der Waals surface area (Å²) in [5.74, 6) is -0.286. The highest BCUT2D eigenvalue weighted by atomic mass is 32.2. The first-order valence-corrected chi connectivity index (χ1v) is 6.34. The van der Waals surface area contributed by atoms with Crippen LogP contribution < -0.4 is 0 Å². The maximum Gasteiger partial charge on any atom is 0.153 e. The van der Waals surface area contributed by atoms with E-state index in [0.29, 0.717) is 0 Å². The molecule has 0 saturated carbocycles. The van der Waals surface area contributed by atoms with Gasteiger partial charge in [-0.15, -0.1) is 0 Å². The van der Waals surface area contributed by atoms with E-state index in [1.165, 1.54) is 0 Å². The molecule has 1 aromatic rings. The molecule has 0 amide bonds. The molecule has 4 heteroatoms. The first kappa shape index (κ1) is 9.68. The van der Waals surface area contributed by atoms with Gasteiger partial charge < -0.3 is 5.11 Å². The zero-order valence-corrected chi connectivity index (χ0v) is 8.44. The molecule has 0 bridgehead atoms. The average Bonchev–Trinajstić information content (AvgIpc) is 2.41. The molecule has 1 aliphatic heterocycles. The second kappa shape index (κ2) is 3.37. The third-order valence-electron chi connectivity index (χ3n) is 2.55. The van der Waals surface area contributed by atoms with E-state index < -0.39 is 15.9 Å². The van der Waals surface area contributed by atoms with Crippen molar-refractivity contribution in [2.45, 2.75) is 12.0 Å². The van der Waals surface area contributed by atoms with Gasteiger partial charge in [-0.2, -0.15) is 0 Å². The number of sulfone groups is 1. The predicted molar refractivity (Wildman–Crippen MR) is 53.8 cm³/mol. The topological polar surface area (TPSA) is 54.4 Å². The standard InChI is InChI=1S/C10H12O3S/c11-10-7-14(12,13)6-9(10)8-4-2-1-3-5-8/h1-5,9-11H,6-7H2. The van der Waals surface area contributed by atoms with Gasteiger partial charge in [-0.1, -0.05) is 30.3 Å². The third kappa shape index (κ3) is 1.81. The van der Waals surface area contributed by atoms with Gasteiger partial charge in [0.2, 0.25) is 0 Å². The van der Waals surface area contributed by atoms with Crippen molar-refractivity contribution in [1.29, 1.82) is 0 Å². The highest BCUT2D eigenvalue weighted by molar-refractivity contribution is 7.91. The Morgan fingerprint density at radius 3 is 2.29 bits per heavy atom. The molecule has 2 unspecified atom stereocenters. The Bertz CT molecular complexity index is 410. The lowest BCUT2D eigenvalue weighted by Crippen LogP contribution is -2.15. The maximum atomic E-state index is 11.3. The second-order valence-electron chi connectivity index (χ2n) is 3.66. The Hall–Kier alpha value is -0.870. The van der Waals surface area contributed by atoms with Crippen LogP contribution in [0.5, 0.6) is 0 Å². The fraction of sp³-hybridized carbons (Fsp3) is 0.400. The summed E-state index contributed by atoms with van der Waals surface area (Å²) in [7, 11) is -3.04. The fourth-order valence-electron chi connectivity index (χ4n) is 1.85. The maximum absolute atomic E-state index is 11.3. The van der Waals surface area contributed by atoms with Crippen molar-refractivity contribution in [1.82, 2.24) is 0 Å². The van der Waals surface area contributed by atoms with Crippen molar-refractivity contribution in [2.24, 2.45) is 0 Å². The highest BCUT2D eigenvalue weighted by Crippen LogP contribution is 2.28. The van der Waals surface area contributed by atoms with Gasteiger partial charge in [0, 0.05) is 5.92 Å². The van der Waals surface area contributed by atoms with Gasteiger partial charge in [-0.25, -0.2) is 8.42 Å². The Kier molecular flexibility index (Phi) is 2.33. The van der Waals surface area contributed by atoms with E-state index in [2.05, 4.69) is 0 Å². The average molecular weight is 212 g/mol. The van der Waals surface area contributed by atoms with E-state index in [0.717, 1.165) is 5.56 Å². The molecule has 1 aromatic carbocycles. The Morgan fingerprint density at radius 1 is 1.14 bits per heavy atom. The van der Waals surface area contributed by atoms with Gasteiger partial charge in [0.05, 0.1) is 17.6 Å². The number of aliphatic hydroxyl groups is 1. The normalized spacial score (nSPS) is 30.4. The van der Waals surface area contributed by atoms with Crippen LogP contribution in [-0.2, 0) is 9.84 Å². The lowest BCUT2D eigenvalue weighted by molar-refractivity contribution is 0.182. The van der Waals surface area contributed by atoms with Crippen molar-refractivity contribution in [2.75, 3.05) is 11.5 Å². The molecule has 14 heavy (non-hydrogen) atoms. The summed E-state index contributed by atoms with van der Waals surface area (Å²) >= 11 is 0. The number of aliphatic hydroxyl groups excluding tert-OH is 1. The van der Waals surface area contributed by atoms with E-state index in [1.54, 1.807) is 0 Å². The van der Waals surface area contributed by atoms with Crippen molar-refractivity contribution in [3.05, 3.63) is 35.9 Å². The van der Waals surface area contributed by atoms with Crippen LogP contribution in [0.3, 0.4) is 0 Å². The van der Waals surface area contributed by atoms with Crippen LogP contribution in [-0.4, -0.2) is 31.1 Å². The molecule has 1 fully saturated rings. The zero-order chi connectivity index (χ0) is 10.2. The molecular weight excluding hydrogens is 200 g/mol. The summed E-state index contributed by atoms with van der Waals surface area (Å²) < 4.78 is 22.5. The number of rotatable bonds is 1. The van der Waals surface area contributed by atoms with Crippen LogP contribution in [0.2, 0.25) is 0 Å². The van der Waals surface area contributed by atoms with E-state index >= 15 is 0 Å². The molecule has 1 aliphatic rings. The molecule has 0 spiro atoms. The molecule has 1 heterocycles. The van der Waals surface area contributed by atoms with Crippen molar-refractivity contribution < 1.29 is 13.5 Å². The quantitative estimate of drug-likeness (QED) is 0.740. The van der Waals surface area contributed by atoms with Crippen LogP contribution >= 0.6 is 0 Å². The molecule has 2 atom stereocenters.